The van der Waals surface area contributed by atoms with E-state index in [0.717, 1.165) is 40.1 Å². The Bertz CT molecular complexity index is 768. The molecule has 0 aliphatic rings. The zero-order valence-corrected chi connectivity index (χ0v) is 12.7. The third-order valence-electron chi connectivity index (χ3n) is 3.62. The minimum Gasteiger partial charge on any atom is -0.381 e. The van der Waals surface area contributed by atoms with Crippen molar-refractivity contribution in [1.82, 2.24) is 4.98 Å². The standard InChI is InChI=1S/C18H17ClN2/c1-2-13-5-3-6-15(11-13)21-12-14-8-9-17(19)16-7-4-10-20-18(14)16/h3-11,21H,2,12H2,1H3. The number of anilines is 1. The highest BCUT2D eigenvalue weighted by Gasteiger charge is 2.05. The number of pyridine rings is 1. The Morgan fingerprint density at radius 1 is 1.10 bits per heavy atom. The van der Waals surface area contributed by atoms with Gasteiger partial charge in [0.25, 0.3) is 0 Å². The molecule has 0 aliphatic heterocycles. The predicted molar refractivity (Wildman–Crippen MR) is 89.9 cm³/mol. The molecular formula is C18H17ClN2. The molecule has 1 aromatic heterocycles. The second-order valence-corrected chi connectivity index (χ2v) is 5.42. The number of halogens is 1. The minimum absolute atomic E-state index is 0.734. The van der Waals surface area contributed by atoms with Crippen molar-refractivity contribution in [3.05, 3.63) is 70.9 Å². The summed E-state index contributed by atoms with van der Waals surface area (Å²) in [6.07, 6.45) is 2.85. The van der Waals surface area contributed by atoms with E-state index in [2.05, 4.69) is 41.5 Å². The fourth-order valence-electron chi connectivity index (χ4n) is 2.44. The lowest BCUT2D eigenvalue weighted by molar-refractivity contribution is 1.12. The second-order valence-electron chi connectivity index (χ2n) is 5.01. The normalized spacial score (nSPS) is 10.8. The van der Waals surface area contributed by atoms with Crippen molar-refractivity contribution in [3.63, 3.8) is 0 Å². The summed E-state index contributed by atoms with van der Waals surface area (Å²) in [6.45, 7) is 2.90. The van der Waals surface area contributed by atoms with Gasteiger partial charge >= 0.3 is 0 Å². The zero-order valence-electron chi connectivity index (χ0n) is 11.9. The summed E-state index contributed by atoms with van der Waals surface area (Å²) in [7, 11) is 0. The van der Waals surface area contributed by atoms with E-state index in [1.807, 2.05) is 24.3 Å². The van der Waals surface area contributed by atoms with Gasteiger partial charge in [0, 0.05) is 28.8 Å². The maximum absolute atomic E-state index is 6.23. The molecule has 0 saturated carbocycles. The van der Waals surface area contributed by atoms with Crippen molar-refractivity contribution in [2.45, 2.75) is 19.9 Å². The third-order valence-corrected chi connectivity index (χ3v) is 3.95. The van der Waals surface area contributed by atoms with Gasteiger partial charge in [-0.1, -0.05) is 36.7 Å². The minimum atomic E-state index is 0.734. The van der Waals surface area contributed by atoms with Crippen molar-refractivity contribution >= 4 is 28.2 Å². The molecular weight excluding hydrogens is 280 g/mol. The van der Waals surface area contributed by atoms with Crippen LogP contribution >= 0.6 is 11.6 Å². The maximum atomic E-state index is 6.23. The van der Waals surface area contributed by atoms with Gasteiger partial charge in [-0.05, 0) is 47.9 Å². The molecule has 0 saturated heterocycles. The van der Waals surface area contributed by atoms with E-state index in [9.17, 15) is 0 Å². The highest BCUT2D eigenvalue weighted by molar-refractivity contribution is 6.35. The van der Waals surface area contributed by atoms with Gasteiger partial charge in [0.05, 0.1) is 5.52 Å². The van der Waals surface area contributed by atoms with Gasteiger partial charge in [-0.15, -0.1) is 0 Å². The first-order valence-electron chi connectivity index (χ1n) is 7.13. The van der Waals surface area contributed by atoms with E-state index >= 15 is 0 Å². The Hall–Kier alpha value is -2.06. The molecule has 0 aliphatic carbocycles. The second kappa shape index (κ2) is 6.15. The van der Waals surface area contributed by atoms with E-state index in [0.29, 0.717) is 0 Å². The van der Waals surface area contributed by atoms with E-state index in [1.165, 1.54) is 5.56 Å². The average Bonchev–Trinajstić information content (AvgIpc) is 2.55. The van der Waals surface area contributed by atoms with Crippen LogP contribution < -0.4 is 5.32 Å². The number of fused-ring (bicyclic) bond motifs is 1. The molecule has 0 fully saturated rings. The number of nitrogens with one attached hydrogen (secondary N) is 1. The monoisotopic (exact) mass is 296 g/mol. The zero-order chi connectivity index (χ0) is 14.7. The Morgan fingerprint density at radius 2 is 2.00 bits per heavy atom. The summed E-state index contributed by atoms with van der Waals surface area (Å²) in [5.41, 5.74) is 4.58. The molecule has 2 aromatic carbocycles. The summed E-state index contributed by atoms with van der Waals surface area (Å²) < 4.78 is 0. The van der Waals surface area contributed by atoms with E-state index in [-0.39, 0.29) is 0 Å². The lowest BCUT2D eigenvalue weighted by Gasteiger charge is -2.10. The molecule has 0 spiro atoms. The SMILES string of the molecule is CCc1cccc(NCc2ccc(Cl)c3cccnc23)c1. The molecule has 106 valence electrons. The number of nitrogens with zero attached hydrogens (tertiary/aromatic N) is 1. The van der Waals surface area contributed by atoms with Gasteiger partial charge < -0.3 is 5.32 Å². The molecule has 3 aromatic rings. The molecule has 0 radical (unpaired) electrons. The molecule has 0 bridgehead atoms. The number of hydrogen-bond acceptors (Lipinski definition) is 2. The average molecular weight is 297 g/mol. The number of aryl methyl sites for hydroxylation is 1. The van der Waals surface area contributed by atoms with Crippen molar-refractivity contribution < 1.29 is 0 Å². The molecule has 0 unspecified atom stereocenters. The van der Waals surface area contributed by atoms with Crippen LogP contribution in [0.25, 0.3) is 10.9 Å². The number of benzene rings is 2. The fraction of sp³-hybridized carbons (Fsp3) is 0.167. The molecule has 1 heterocycles. The quantitative estimate of drug-likeness (QED) is 0.727. The van der Waals surface area contributed by atoms with Gasteiger partial charge in [-0.25, -0.2) is 0 Å². The highest BCUT2D eigenvalue weighted by Crippen LogP contribution is 2.25. The Labute approximate surface area is 129 Å². The van der Waals surface area contributed by atoms with Gasteiger partial charge in [0.1, 0.15) is 0 Å². The van der Waals surface area contributed by atoms with Crippen LogP contribution in [0.15, 0.2) is 54.7 Å². The first kappa shape index (κ1) is 13.9. The number of hydrogen-bond donors (Lipinski definition) is 1. The van der Waals surface area contributed by atoms with E-state index in [1.54, 1.807) is 6.20 Å². The van der Waals surface area contributed by atoms with Crippen molar-refractivity contribution in [2.24, 2.45) is 0 Å². The van der Waals surface area contributed by atoms with Crippen LogP contribution in [0, 0.1) is 0 Å². The molecule has 2 nitrogen and oxygen atoms in total. The van der Waals surface area contributed by atoms with Crippen LogP contribution in [0.1, 0.15) is 18.1 Å². The summed E-state index contributed by atoms with van der Waals surface area (Å²) in [5.74, 6) is 0. The summed E-state index contributed by atoms with van der Waals surface area (Å²) in [6, 6.07) is 16.4. The summed E-state index contributed by atoms with van der Waals surface area (Å²) >= 11 is 6.23. The molecule has 1 N–H and O–H groups in total. The predicted octanol–water partition coefficient (Wildman–Crippen LogP) is 5.06. The van der Waals surface area contributed by atoms with Crippen LogP contribution in [0.3, 0.4) is 0 Å². The molecule has 3 heteroatoms. The van der Waals surface area contributed by atoms with Crippen LogP contribution in [-0.4, -0.2) is 4.98 Å². The lowest BCUT2D eigenvalue weighted by Crippen LogP contribution is -2.01. The van der Waals surface area contributed by atoms with Crippen LogP contribution in [-0.2, 0) is 13.0 Å². The number of rotatable bonds is 4. The van der Waals surface area contributed by atoms with Gasteiger partial charge in [0.15, 0.2) is 0 Å². The van der Waals surface area contributed by atoms with Gasteiger partial charge in [-0.3, -0.25) is 4.98 Å². The Morgan fingerprint density at radius 3 is 2.86 bits per heavy atom. The fourth-order valence-corrected chi connectivity index (χ4v) is 2.65. The third kappa shape index (κ3) is 3.01. The largest absolute Gasteiger partial charge is 0.381 e. The molecule has 0 atom stereocenters. The van der Waals surface area contributed by atoms with E-state index < -0.39 is 0 Å². The van der Waals surface area contributed by atoms with Crippen LogP contribution in [0.4, 0.5) is 5.69 Å². The first-order valence-corrected chi connectivity index (χ1v) is 7.50. The first-order chi connectivity index (χ1) is 10.3. The number of aromatic nitrogens is 1. The van der Waals surface area contributed by atoms with Crippen molar-refractivity contribution in [1.29, 1.82) is 0 Å². The Balaban J connectivity index is 1.87. The topological polar surface area (TPSA) is 24.9 Å². The van der Waals surface area contributed by atoms with Gasteiger partial charge in [-0.2, -0.15) is 0 Å². The van der Waals surface area contributed by atoms with Crippen molar-refractivity contribution in [3.8, 4) is 0 Å². The van der Waals surface area contributed by atoms with Crippen LogP contribution in [0.5, 0.6) is 0 Å². The molecule has 3 rings (SSSR count). The lowest BCUT2D eigenvalue weighted by atomic mass is 10.1. The summed E-state index contributed by atoms with van der Waals surface area (Å²) in [4.78, 5) is 4.46. The van der Waals surface area contributed by atoms with Gasteiger partial charge in [0.2, 0.25) is 0 Å². The smallest absolute Gasteiger partial charge is 0.0766 e. The molecule has 21 heavy (non-hydrogen) atoms. The van der Waals surface area contributed by atoms with E-state index in [4.69, 9.17) is 11.6 Å². The maximum Gasteiger partial charge on any atom is 0.0766 e. The molecule has 0 amide bonds. The van der Waals surface area contributed by atoms with Crippen LogP contribution in [0.2, 0.25) is 5.02 Å². The Kier molecular flexibility index (Phi) is 4.07. The highest BCUT2D eigenvalue weighted by atomic mass is 35.5. The summed E-state index contributed by atoms with van der Waals surface area (Å²) in [5, 5.41) is 5.21. The van der Waals surface area contributed by atoms with Crippen molar-refractivity contribution in [2.75, 3.05) is 5.32 Å².